The quantitative estimate of drug-likeness (QED) is 0.699. The Morgan fingerprint density at radius 3 is 2.52 bits per heavy atom. The van der Waals surface area contributed by atoms with Crippen molar-refractivity contribution in [1.29, 1.82) is 0 Å². The van der Waals surface area contributed by atoms with E-state index in [9.17, 15) is 9.59 Å². The highest BCUT2D eigenvalue weighted by molar-refractivity contribution is 5.72. The van der Waals surface area contributed by atoms with Gasteiger partial charge in [0.2, 0.25) is 0 Å². The van der Waals surface area contributed by atoms with E-state index in [2.05, 4.69) is 5.32 Å². The second-order valence-electron chi connectivity index (χ2n) is 8.66. The molecule has 1 saturated heterocycles. The molecule has 29 heavy (non-hydrogen) atoms. The number of nitrogens with zero attached hydrogens (tertiary/aromatic N) is 1. The molecule has 2 atom stereocenters. The Morgan fingerprint density at radius 1 is 1.28 bits per heavy atom. The topological polar surface area (TPSA) is 77.1 Å². The van der Waals surface area contributed by atoms with Crippen LogP contribution in [0.2, 0.25) is 0 Å². The van der Waals surface area contributed by atoms with Crippen LogP contribution in [-0.2, 0) is 25.5 Å². The van der Waals surface area contributed by atoms with Gasteiger partial charge in [0.05, 0.1) is 25.7 Å². The van der Waals surface area contributed by atoms with Gasteiger partial charge in [-0.3, -0.25) is 9.69 Å². The Hall–Kier alpha value is -2.12. The smallest absolute Gasteiger partial charge is 0.412 e. The average molecular weight is 407 g/mol. The fraction of sp³-hybridized carbons (Fsp3) is 0.636. The van der Waals surface area contributed by atoms with Crippen LogP contribution < -0.4 is 5.32 Å². The molecule has 1 fully saturated rings. The number of carbonyl (C=O) groups is 2. The predicted molar refractivity (Wildman–Crippen MR) is 110 cm³/mol. The van der Waals surface area contributed by atoms with Gasteiger partial charge in [-0.1, -0.05) is 30.3 Å². The molecule has 0 aromatic heterocycles. The molecule has 1 amide bonds. The van der Waals surface area contributed by atoms with Crippen LogP contribution in [0.15, 0.2) is 30.3 Å². The van der Waals surface area contributed by atoms with E-state index < -0.39 is 17.4 Å². The Balaban J connectivity index is 2.23. The second kappa shape index (κ2) is 9.59. The molecule has 0 aliphatic carbocycles. The lowest BCUT2D eigenvalue weighted by Gasteiger charge is -2.37. The monoisotopic (exact) mass is 406 g/mol. The van der Waals surface area contributed by atoms with E-state index in [-0.39, 0.29) is 24.5 Å². The third-order valence-corrected chi connectivity index (χ3v) is 4.68. The minimum Gasteiger partial charge on any atom is -0.466 e. The molecular formula is C22H34N2O5. The molecular weight excluding hydrogens is 372 g/mol. The van der Waals surface area contributed by atoms with Crippen LogP contribution in [0.4, 0.5) is 4.79 Å². The molecule has 0 saturated carbocycles. The summed E-state index contributed by atoms with van der Waals surface area (Å²) in [6.07, 6.45) is -0.329. The third-order valence-electron chi connectivity index (χ3n) is 4.68. The van der Waals surface area contributed by atoms with Gasteiger partial charge in [0, 0.05) is 12.6 Å². The first kappa shape index (κ1) is 23.2. The number of hydrogen-bond donors (Lipinski definition) is 1. The lowest BCUT2D eigenvalue weighted by atomic mass is 10.0. The Bertz CT molecular complexity index is 684. The number of nitrogens with one attached hydrogen (secondary N) is 1. The van der Waals surface area contributed by atoms with E-state index in [0.29, 0.717) is 19.8 Å². The largest absolute Gasteiger partial charge is 0.466 e. The lowest BCUT2D eigenvalue weighted by molar-refractivity contribution is -0.144. The van der Waals surface area contributed by atoms with Gasteiger partial charge in [0.25, 0.3) is 0 Å². The van der Waals surface area contributed by atoms with Gasteiger partial charge in [-0.15, -0.1) is 0 Å². The van der Waals surface area contributed by atoms with Crippen molar-refractivity contribution in [3.8, 4) is 0 Å². The summed E-state index contributed by atoms with van der Waals surface area (Å²) in [7, 11) is 0. The van der Waals surface area contributed by atoms with Crippen LogP contribution in [0, 0.1) is 0 Å². The fourth-order valence-corrected chi connectivity index (χ4v) is 3.38. The van der Waals surface area contributed by atoms with Crippen molar-refractivity contribution in [2.75, 3.05) is 13.2 Å². The molecule has 1 N–H and O–H groups in total. The number of rotatable bonds is 7. The van der Waals surface area contributed by atoms with Crippen LogP contribution in [0.3, 0.4) is 0 Å². The number of amides is 1. The molecule has 1 aliphatic heterocycles. The molecule has 0 radical (unpaired) electrons. The molecule has 1 aromatic carbocycles. The summed E-state index contributed by atoms with van der Waals surface area (Å²) in [6, 6.07) is 9.19. The molecule has 162 valence electrons. The number of hydrogen-bond acceptors (Lipinski definition) is 6. The van der Waals surface area contributed by atoms with Crippen molar-refractivity contribution < 1.29 is 23.8 Å². The van der Waals surface area contributed by atoms with Gasteiger partial charge in [-0.05, 0) is 47.1 Å². The van der Waals surface area contributed by atoms with E-state index >= 15 is 0 Å². The first-order chi connectivity index (χ1) is 13.5. The molecule has 1 heterocycles. The third kappa shape index (κ3) is 6.72. The standard InChI is InChI=1S/C22H34N2O5/c1-7-27-19(25)13-17(23-14-16-11-9-8-10-12-16)18-15-28-22(5,6)24(18)20(26)29-21(2,3)4/h8-12,17-18,23H,7,13-15H2,1-6H3/t17-,18+/m1/s1. The molecule has 1 aliphatic rings. The summed E-state index contributed by atoms with van der Waals surface area (Å²) in [4.78, 5) is 26.8. The van der Waals surface area contributed by atoms with Crippen molar-refractivity contribution in [3.63, 3.8) is 0 Å². The number of benzene rings is 1. The van der Waals surface area contributed by atoms with Gasteiger partial charge in [0.1, 0.15) is 11.3 Å². The SMILES string of the molecule is CCOC(=O)C[C@@H](NCc1ccccc1)[C@@H]1COC(C)(C)N1C(=O)OC(C)(C)C. The maximum Gasteiger partial charge on any atom is 0.412 e. The first-order valence-corrected chi connectivity index (χ1v) is 10.1. The minimum atomic E-state index is -0.839. The molecule has 0 spiro atoms. The fourth-order valence-electron chi connectivity index (χ4n) is 3.38. The van der Waals surface area contributed by atoms with E-state index in [0.717, 1.165) is 5.56 Å². The van der Waals surface area contributed by atoms with Gasteiger partial charge in [0.15, 0.2) is 0 Å². The van der Waals surface area contributed by atoms with Crippen molar-refractivity contribution >= 4 is 12.1 Å². The van der Waals surface area contributed by atoms with E-state index in [4.69, 9.17) is 14.2 Å². The second-order valence-corrected chi connectivity index (χ2v) is 8.66. The number of esters is 1. The molecule has 7 heteroatoms. The summed E-state index contributed by atoms with van der Waals surface area (Å²) in [6.45, 7) is 12.1. The average Bonchev–Trinajstić information content (AvgIpc) is 2.93. The Kier molecular flexibility index (Phi) is 7.66. The van der Waals surface area contributed by atoms with E-state index in [1.54, 1.807) is 11.8 Å². The van der Waals surface area contributed by atoms with Gasteiger partial charge < -0.3 is 19.5 Å². The number of carbonyl (C=O) groups excluding carboxylic acids is 2. The molecule has 1 aromatic rings. The first-order valence-electron chi connectivity index (χ1n) is 10.1. The summed E-state index contributed by atoms with van der Waals surface area (Å²) in [5, 5.41) is 3.42. The maximum absolute atomic E-state index is 13.0. The number of ether oxygens (including phenoxy) is 3. The van der Waals surface area contributed by atoms with E-state index in [1.165, 1.54) is 0 Å². The summed E-state index contributed by atoms with van der Waals surface area (Å²) in [5.74, 6) is -0.313. The van der Waals surface area contributed by atoms with Crippen LogP contribution >= 0.6 is 0 Å². The molecule has 0 bridgehead atoms. The van der Waals surface area contributed by atoms with Gasteiger partial charge in [-0.2, -0.15) is 0 Å². The summed E-state index contributed by atoms with van der Waals surface area (Å²) < 4.78 is 16.7. The van der Waals surface area contributed by atoms with Crippen LogP contribution in [0.25, 0.3) is 0 Å². The van der Waals surface area contributed by atoms with Crippen molar-refractivity contribution in [2.45, 2.75) is 77.9 Å². The van der Waals surface area contributed by atoms with E-state index in [1.807, 2.05) is 65.0 Å². The van der Waals surface area contributed by atoms with Gasteiger partial charge in [-0.25, -0.2) is 4.79 Å². The zero-order chi connectivity index (χ0) is 21.7. The van der Waals surface area contributed by atoms with Crippen molar-refractivity contribution in [1.82, 2.24) is 10.2 Å². The zero-order valence-corrected chi connectivity index (χ0v) is 18.4. The van der Waals surface area contributed by atoms with Gasteiger partial charge >= 0.3 is 12.1 Å². The summed E-state index contributed by atoms with van der Waals surface area (Å²) in [5.41, 5.74) is -0.383. The van der Waals surface area contributed by atoms with Crippen LogP contribution in [0.5, 0.6) is 0 Å². The highest BCUT2D eigenvalue weighted by Gasteiger charge is 2.48. The van der Waals surface area contributed by atoms with Crippen molar-refractivity contribution in [2.24, 2.45) is 0 Å². The summed E-state index contributed by atoms with van der Waals surface area (Å²) >= 11 is 0. The highest BCUT2D eigenvalue weighted by atomic mass is 16.6. The highest BCUT2D eigenvalue weighted by Crippen LogP contribution is 2.32. The molecule has 0 unspecified atom stereocenters. The maximum atomic E-state index is 13.0. The van der Waals surface area contributed by atoms with Crippen molar-refractivity contribution in [3.05, 3.63) is 35.9 Å². The zero-order valence-electron chi connectivity index (χ0n) is 18.4. The lowest BCUT2D eigenvalue weighted by Crippen LogP contribution is -2.56. The predicted octanol–water partition coefficient (Wildman–Crippen LogP) is 3.47. The normalized spacial score (nSPS) is 19.7. The Morgan fingerprint density at radius 2 is 1.93 bits per heavy atom. The molecule has 2 rings (SSSR count). The van der Waals surface area contributed by atoms with Crippen LogP contribution in [-0.4, -0.2) is 53.6 Å². The minimum absolute atomic E-state index is 0.129. The molecule has 7 nitrogen and oxygen atoms in total. The van der Waals surface area contributed by atoms with Crippen LogP contribution in [0.1, 0.15) is 53.5 Å². The Labute approximate surface area is 173 Å².